The topological polar surface area (TPSA) is 162 Å². The van der Waals surface area contributed by atoms with Gasteiger partial charge in [0.25, 0.3) is 0 Å². The Morgan fingerprint density at radius 2 is 1.47 bits per heavy atom. The lowest BCUT2D eigenvalue weighted by molar-refractivity contribution is -0.144. The van der Waals surface area contributed by atoms with Gasteiger partial charge in [0.15, 0.2) is 0 Å². The summed E-state index contributed by atoms with van der Waals surface area (Å²) in [6.45, 7) is 7.25. The lowest BCUT2D eigenvalue weighted by Gasteiger charge is -2.28. The Morgan fingerprint density at radius 3 is 1.93 bits per heavy atom. The number of halogens is 1. The van der Waals surface area contributed by atoms with Gasteiger partial charge in [-0.1, -0.05) is 0 Å². The second kappa shape index (κ2) is 12.8. The highest BCUT2D eigenvalue weighted by molar-refractivity contribution is 6.62. The van der Waals surface area contributed by atoms with Crippen LogP contribution in [0.15, 0.2) is 0 Å². The van der Waals surface area contributed by atoms with Gasteiger partial charge >= 0.3 is 5.97 Å². The maximum atomic E-state index is 12.6. The molecular formula is C18H29ClN4O7. The Balaban J connectivity index is 0.00000192. The summed E-state index contributed by atoms with van der Waals surface area (Å²) < 4.78 is 0. The van der Waals surface area contributed by atoms with Gasteiger partial charge in [-0.3, -0.25) is 28.8 Å². The van der Waals surface area contributed by atoms with E-state index in [1.807, 2.05) is 0 Å². The van der Waals surface area contributed by atoms with E-state index in [1.54, 1.807) is 0 Å². The molecule has 0 spiro atoms. The molecule has 0 aromatic rings. The molecule has 4 N–H and O–H groups in total. The van der Waals surface area contributed by atoms with Crippen LogP contribution in [0.1, 0.15) is 47.5 Å². The van der Waals surface area contributed by atoms with Crippen molar-refractivity contribution < 1.29 is 33.9 Å². The van der Waals surface area contributed by atoms with Crippen LogP contribution >= 0.6 is 11.6 Å². The Kier molecular flexibility index (Phi) is 11.6. The van der Waals surface area contributed by atoms with Crippen molar-refractivity contribution in [3.8, 4) is 0 Å². The van der Waals surface area contributed by atoms with E-state index in [0.29, 0.717) is 19.4 Å². The second-order valence-electron chi connectivity index (χ2n) is 6.88. The highest BCUT2D eigenvalue weighted by atomic mass is 35.5. The molecule has 0 saturated carbocycles. The van der Waals surface area contributed by atoms with Crippen LogP contribution in [0.2, 0.25) is 0 Å². The summed E-state index contributed by atoms with van der Waals surface area (Å²) in [6.07, 6.45) is 1.03. The third-order valence-electron chi connectivity index (χ3n) is 4.11. The van der Waals surface area contributed by atoms with E-state index in [-0.39, 0.29) is 11.1 Å². The van der Waals surface area contributed by atoms with Gasteiger partial charge in [0.05, 0.1) is 0 Å². The number of nitrogens with one attached hydrogen (secondary N) is 3. The second-order valence-corrected chi connectivity index (χ2v) is 7.41. The Bertz CT molecular complexity index is 681. The smallest absolute Gasteiger partial charge is 0.325 e. The molecule has 1 rings (SSSR count). The predicted molar refractivity (Wildman–Crippen MR) is 107 cm³/mol. The predicted octanol–water partition coefficient (Wildman–Crippen LogP) is -0.632. The molecule has 0 radical (unpaired) electrons. The van der Waals surface area contributed by atoms with Crippen molar-refractivity contribution in [3.05, 3.63) is 0 Å². The molecule has 0 unspecified atom stereocenters. The number of hydrogen-bond donors (Lipinski definition) is 4. The summed E-state index contributed by atoms with van der Waals surface area (Å²) in [6, 6.07) is -3.51. The summed E-state index contributed by atoms with van der Waals surface area (Å²) in [5.74, 6) is -3.01. The van der Waals surface area contributed by atoms with Crippen LogP contribution in [-0.2, 0) is 28.8 Å². The van der Waals surface area contributed by atoms with E-state index in [2.05, 4.69) is 27.6 Å². The number of carbonyl (C=O) groups excluding carboxylic acids is 5. The molecule has 170 valence electrons. The lowest BCUT2D eigenvalue weighted by Crippen LogP contribution is -2.56. The highest BCUT2D eigenvalue weighted by Gasteiger charge is 2.37. The first-order chi connectivity index (χ1) is 13.8. The normalized spacial score (nSPS) is 18.1. The van der Waals surface area contributed by atoms with Crippen LogP contribution in [0.25, 0.3) is 0 Å². The quantitative estimate of drug-likeness (QED) is 0.377. The molecule has 11 nitrogen and oxygen atoms in total. The molecule has 1 fully saturated rings. The first-order valence-electron chi connectivity index (χ1n) is 9.35. The molecule has 4 amide bonds. The fraction of sp³-hybridized carbons (Fsp3) is 0.667. The summed E-state index contributed by atoms with van der Waals surface area (Å²) in [5, 5.41) is 15.8. The first-order valence-corrected chi connectivity index (χ1v) is 9.72. The third kappa shape index (κ3) is 9.68. The molecule has 1 saturated heterocycles. The van der Waals surface area contributed by atoms with Crippen LogP contribution in [0, 0.1) is 0 Å². The maximum absolute atomic E-state index is 12.6. The standard InChI is InChI=1S/C16H26N4O6.C2H3ClO/c1-8(17-11(4)21)13(22)18-9(2)15(24)20-7-5-6-12(20)14(23)19-10(3)16(25)26;1-2(3)4/h8-10,12H,5-7H2,1-4H3,(H,17,21)(H,18,22)(H,19,23)(H,25,26);1H3/t8-,9-,10-,12-;/m0./s1. The number of hydrogen-bond acceptors (Lipinski definition) is 6. The lowest BCUT2D eigenvalue weighted by atomic mass is 10.1. The Labute approximate surface area is 179 Å². The van der Waals surface area contributed by atoms with E-state index >= 15 is 0 Å². The number of amides is 4. The summed E-state index contributed by atoms with van der Waals surface area (Å²) in [5.41, 5.74) is 0. The minimum Gasteiger partial charge on any atom is -0.480 e. The monoisotopic (exact) mass is 448 g/mol. The summed E-state index contributed by atoms with van der Waals surface area (Å²) in [4.78, 5) is 69.2. The number of likely N-dealkylation sites (tertiary alicyclic amines) is 1. The molecule has 0 aliphatic carbocycles. The van der Waals surface area contributed by atoms with Crippen molar-refractivity contribution in [2.24, 2.45) is 0 Å². The molecule has 0 aromatic heterocycles. The zero-order valence-electron chi connectivity index (χ0n) is 17.7. The fourth-order valence-corrected chi connectivity index (χ4v) is 2.69. The Hall–Kier alpha value is -2.69. The van der Waals surface area contributed by atoms with Crippen molar-refractivity contribution >= 4 is 46.4 Å². The molecule has 1 heterocycles. The van der Waals surface area contributed by atoms with Crippen LogP contribution in [0.3, 0.4) is 0 Å². The minimum absolute atomic E-state index is 0.347. The number of rotatable bonds is 7. The molecule has 1 aliphatic heterocycles. The first kappa shape index (κ1) is 27.3. The molecule has 0 aromatic carbocycles. The average molecular weight is 449 g/mol. The van der Waals surface area contributed by atoms with Gasteiger partial charge in [0, 0.05) is 20.4 Å². The van der Waals surface area contributed by atoms with Gasteiger partial charge in [0.1, 0.15) is 24.2 Å². The van der Waals surface area contributed by atoms with Gasteiger partial charge in [-0.25, -0.2) is 0 Å². The molecule has 4 atom stereocenters. The third-order valence-corrected chi connectivity index (χ3v) is 4.11. The van der Waals surface area contributed by atoms with E-state index in [9.17, 15) is 28.8 Å². The molecule has 0 bridgehead atoms. The van der Waals surface area contributed by atoms with Crippen LogP contribution in [0.5, 0.6) is 0 Å². The van der Waals surface area contributed by atoms with Crippen molar-refractivity contribution in [2.75, 3.05) is 6.54 Å². The van der Waals surface area contributed by atoms with Crippen molar-refractivity contribution in [1.29, 1.82) is 0 Å². The van der Waals surface area contributed by atoms with E-state index in [0.717, 1.165) is 0 Å². The van der Waals surface area contributed by atoms with E-state index < -0.39 is 47.9 Å². The number of aliphatic carboxylic acids is 1. The largest absolute Gasteiger partial charge is 0.480 e. The Morgan fingerprint density at radius 1 is 0.933 bits per heavy atom. The zero-order valence-corrected chi connectivity index (χ0v) is 18.4. The average Bonchev–Trinajstić information content (AvgIpc) is 3.09. The van der Waals surface area contributed by atoms with Crippen LogP contribution < -0.4 is 16.0 Å². The SMILES string of the molecule is CC(=O)Cl.CC(=O)N[C@@H](C)C(=O)N[C@@H](C)C(=O)N1CCC[C@H]1C(=O)N[C@@H](C)C(=O)O. The van der Waals surface area contributed by atoms with Crippen molar-refractivity contribution in [1.82, 2.24) is 20.9 Å². The molecular weight excluding hydrogens is 420 g/mol. The van der Waals surface area contributed by atoms with E-state index in [4.69, 9.17) is 5.11 Å². The molecule has 12 heteroatoms. The van der Waals surface area contributed by atoms with E-state index in [1.165, 1.54) is 39.5 Å². The van der Waals surface area contributed by atoms with Gasteiger partial charge in [-0.15, -0.1) is 0 Å². The number of carboxylic acids is 1. The highest BCUT2D eigenvalue weighted by Crippen LogP contribution is 2.18. The summed E-state index contributed by atoms with van der Waals surface area (Å²) >= 11 is 4.64. The van der Waals surface area contributed by atoms with Crippen molar-refractivity contribution in [3.63, 3.8) is 0 Å². The van der Waals surface area contributed by atoms with Gasteiger partial charge in [0.2, 0.25) is 28.9 Å². The van der Waals surface area contributed by atoms with Crippen LogP contribution in [-0.4, -0.2) is 75.6 Å². The van der Waals surface area contributed by atoms with Crippen LogP contribution in [0.4, 0.5) is 0 Å². The van der Waals surface area contributed by atoms with Gasteiger partial charge in [-0.2, -0.15) is 0 Å². The van der Waals surface area contributed by atoms with Gasteiger partial charge < -0.3 is 26.0 Å². The minimum atomic E-state index is -1.16. The number of nitrogens with zero attached hydrogens (tertiary/aromatic N) is 1. The maximum Gasteiger partial charge on any atom is 0.325 e. The number of carboxylic acid groups (broad SMARTS) is 1. The fourth-order valence-electron chi connectivity index (χ4n) is 2.69. The summed E-state index contributed by atoms with van der Waals surface area (Å²) in [7, 11) is 0. The van der Waals surface area contributed by atoms with Gasteiger partial charge in [-0.05, 0) is 45.2 Å². The molecule has 1 aliphatic rings. The molecule has 30 heavy (non-hydrogen) atoms. The zero-order chi connectivity index (χ0) is 23.6. The van der Waals surface area contributed by atoms with Crippen molar-refractivity contribution in [2.45, 2.75) is 71.6 Å². The number of carbonyl (C=O) groups is 6.